The number of methoxy groups -OCH3 is 1. The quantitative estimate of drug-likeness (QED) is 0.787. The maximum absolute atomic E-state index is 12.5. The second-order valence-electron chi connectivity index (χ2n) is 6.34. The van der Waals surface area contributed by atoms with E-state index in [2.05, 4.69) is 10.6 Å². The number of rotatable bonds is 5. The van der Waals surface area contributed by atoms with Crippen molar-refractivity contribution in [2.24, 2.45) is 5.92 Å². The molecular weight excluding hydrogens is 386 g/mol. The number of hydrogen-bond donors (Lipinski definition) is 2. The molecule has 0 atom stereocenters. The van der Waals surface area contributed by atoms with Crippen molar-refractivity contribution in [2.45, 2.75) is 19.4 Å². The van der Waals surface area contributed by atoms with Gasteiger partial charge in [0.1, 0.15) is 5.75 Å². The van der Waals surface area contributed by atoms with Crippen molar-refractivity contribution in [3.8, 4) is 5.75 Å². The molecule has 1 saturated heterocycles. The van der Waals surface area contributed by atoms with Crippen LogP contribution in [-0.2, 0) is 11.3 Å². The number of hydrogen-bond acceptors (Lipinski definition) is 4. The normalized spacial score (nSPS) is 14.7. The predicted octanol–water partition coefficient (Wildman–Crippen LogP) is 3.97. The van der Waals surface area contributed by atoms with Gasteiger partial charge in [0, 0.05) is 29.6 Å². The zero-order valence-electron chi connectivity index (χ0n) is 15.0. The topological polar surface area (TPSA) is 70.7 Å². The van der Waals surface area contributed by atoms with Crippen LogP contribution in [0.2, 0.25) is 5.02 Å². The van der Waals surface area contributed by atoms with Crippen LogP contribution in [0, 0.1) is 5.92 Å². The van der Waals surface area contributed by atoms with Crippen LogP contribution in [0.15, 0.2) is 35.7 Å². The van der Waals surface area contributed by atoms with Gasteiger partial charge in [-0.2, -0.15) is 0 Å². The number of nitrogens with one attached hydrogen (secondary N) is 2. The van der Waals surface area contributed by atoms with E-state index in [1.165, 1.54) is 0 Å². The first-order chi connectivity index (χ1) is 13.1. The third-order valence-electron chi connectivity index (χ3n) is 4.57. The molecule has 0 bridgehead atoms. The largest absolute Gasteiger partial charge is 0.495 e. The Kier molecular flexibility index (Phi) is 6.58. The number of halogens is 1. The highest BCUT2D eigenvalue weighted by molar-refractivity contribution is 7.09. The van der Waals surface area contributed by atoms with Crippen molar-refractivity contribution in [1.29, 1.82) is 0 Å². The molecule has 1 aromatic carbocycles. The lowest BCUT2D eigenvalue weighted by molar-refractivity contribution is -0.121. The molecule has 3 rings (SSSR count). The van der Waals surface area contributed by atoms with Crippen molar-refractivity contribution in [1.82, 2.24) is 10.2 Å². The number of piperidine rings is 1. The minimum absolute atomic E-state index is 0.0464. The van der Waals surface area contributed by atoms with E-state index in [1.807, 2.05) is 17.5 Å². The predicted molar refractivity (Wildman–Crippen MR) is 107 cm³/mol. The van der Waals surface area contributed by atoms with Crippen LogP contribution in [0.3, 0.4) is 0 Å². The van der Waals surface area contributed by atoms with E-state index in [0.717, 1.165) is 4.88 Å². The zero-order chi connectivity index (χ0) is 19.2. The summed E-state index contributed by atoms with van der Waals surface area (Å²) in [5.41, 5.74) is 0.641. The van der Waals surface area contributed by atoms with Crippen molar-refractivity contribution >= 4 is 40.6 Å². The van der Waals surface area contributed by atoms with E-state index in [9.17, 15) is 9.59 Å². The summed E-state index contributed by atoms with van der Waals surface area (Å²) in [5, 5.41) is 8.26. The Hall–Kier alpha value is -2.25. The molecule has 0 radical (unpaired) electrons. The Labute approximate surface area is 167 Å². The SMILES string of the molecule is COc1ccc(NC(=O)C2CCN(C(=O)NCc3cccs3)CC2)cc1Cl. The van der Waals surface area contributed by atoms with Crippen molar-refractivity contribution < 1.29 is 14.3 Å². The molecule has 2 N–H and O–H groups in total. The van der Waals surface area contributed by atoms with Crippen molar-refractivity contribution in [2.75, 3.05) is 25.5 Å². The Morgan fingerprint density at radius 2 is 2.07 bits per heavy atom. The molecule has 1 aromatic heterocycles. The summed E-state index contributed by atoms with van der Waals surface area (Å²) in [6.45, 7) is 1.67. The number of carbonyl (C=O) groups is 2. The molecule has 144 valence electrons. The first-order valence-electron chi connectivity index (χ1n) is 8.76. The summed E-state index contributed by atoms with van der Waals surface area (Å²) >= 11 is 7.71. The van der Waals surface area contributed by atoms with Gasteiger partial charge in [-0.15, -0.1) is 11.3 Å². The summed E-state index contributed by atoms with van der Waals surface area (Å²) in [4.78, 5) is 27.6. The number of benzene rings is 1. The molecule has 1 aliphatic rings. The van der Waals surface area contributed by atoms with Gasteiger partial charge in [-0.3, -0.25) is 4.79 Å². The lowest BCUT2D eigenvalue weighted by Crippen LogP contribution is -2.45. The number of ether oxygens (including phenoxy) is 1. The minimum atomic E-state index is -0.118. The lowest BCUT2D eigenvalue weighted by Gasteiger charge is -2.31. The Morgan fingerprint density at radius 3 is 2.70 bits per heavy atom. The van der Waals surface area contributed by atoms with Gasteiger partial charge in [0.2, 0.25) is 5.91 Å². The number of amides is 3. The fourth-order valence-corrected chi connectivity index (χ4v) is 3.92. The number of thiophene rings is 1. The van der Waals surface area contributed by atoms with Gasteiger partial charge in [0.05, 0.1) is 18.7 Å². The van der Waals surface area contributed by atoms with Crippen LogP contribution in [0.4, 0.5) is 10.5 Å². The first-order valence-corrected chi connectivity index (χ1v) is 10.0. The highest BCUT2D eigenvalue weighted by Crippen LogP contribution is 2.28. The summed E-state index contributed by atoms with van der Waals surface area (Å²) in [6, 6.07) is 9.03. The molecule has 2 aromatic rings. The van der Waals surface area contributed by atoms with E-state index in [4.69, 9.17) is 16.3 Å². The van der Waals surface area contributed by atoms with Crippen LogP contribution < -0.4 is 15.4 Å². The molecule has 0 spiro atoms. The van der Waals surface area contributed by atoms with Gasteiger partial charge in [0.15, 0.2) is 0 Å². The van der Waals surface area contributed by atoms with Crippen LogP contribution in [0.1, 0.15) is 17.7 Å². The molecule has 27 heavy (non-hydrogen) atoms. The molecule has 3 amide bonds. The first kappa shape index (κ1) is 19.5. The lowest BCUT2D eigenvalue weighted by atomic mass is 9.96. The summed E-state index contributed by atoms with van der Waals surface area (Å²) < 4.78 is 5.11. The molecule has 2 heterocycles. The maximum atomic E-state index is 12.5. The van der Waals surface area contributed by atoms with Crippen LogP contribution in [0.5, 0.6) is 5.75 Å². The minimum Gasteiger partial charge on any atom is -0.495 e. The molecule has 1 fully saturated rings. The number of anilines is 1. The molecule has 0 unspecified atom stereocenters. The summed E-state index contributed by atoms with van der Waals surface area (Å²) in [5.74, 6) is 0.402. The van der Waals surface area contributed by atoms with Crippen LogP contribution in [-0.4, -0.2) is 37.0 Å². The van der Waals surface area contributed by atoms with Gasteiger partial charge in [-0.05, 0) is 42.5 Å². The molecule has 8 heteroatoms. The number of nitrogens with zero attached hydrogens (tertiary/aromatic N) is 1. The van der Waals surface area contributed by atoms with Crippen molar-refractivity contribution in [3.05, 3.63) is 45.6 Å². The van der Waals surface area contributed by atoms with Gasteiger partial charge >= 0.3 is 6.03 Å². The number of carbonyl (C=O) groups excluding carboxylic acids is 2. The van der Waals surface area contributed by atoms with E-state index in [-0.39, 0.29) is 17.9 Å². The van der Waals surface area contributed by atoms with Crippen molar-refractivity contribution in [3.63, 3.8) is 0 Å². The number of urea groups is 1. The Bertz CT molecular complexity index is 790. The zero-order valence-corrected chi connectivity index (χ0v) is 16.6. The van der Waals surface area contributed by atoms with Gasteiger partial charge in [-0.1, -0.05) is 17.7 Å². The summed E-state index contributed by atoms with van der Waals surface area (Å²) in [7, 11) is 1.55. The fourth-order valence-electron chi connectivity index (χ4n) is 3.02. The average Bonchev–Trinajstić information content (AvgIpc) is 3.20. The molecular formula is C19H22ClN3O3S. The molecule has 6 nitrogen and oxygen atoms in total. The highest BCUT2D eigenvalue weighted by atomic mass is 35.5. The fraction of sp³-hybridized carbons (Fsp3) is 0.368. The molecule has 1 aliphatic heterocycles. The standard InChI is InChI=1S/C19H22ClN3O3S/c1-26-17-5-4-14(11-16(17)20)22-18(24)13-6-8-23(9-7-13)19(25)21-12-15-3-2-10-27-15/h2-5,10-11,13H,6-9,12H2,1H3,(H,21,25)(H,22,24). The monoisotopic (exact) mass is 407 g/mol. The van der Waals surface area contributed by atoms with Gasteiger partial charge in [0.25, 0.3) is 0 Å². The Balaban J connectivity index is 1.46. The second-order valence-corrected chi connectivity index (χ2v) is 7.78. The van der Waals surface area contributed by atoms with Crippen LogP contribution in [0.25, 0.3) is 0 Å². The van der Waals surface area contributed by atoms with Gasteiger partial charge in [-0.25, -0.2) is 4.79 Å². The van der Waals surface area contributed by atoms with E-state index < -0.39 is 0 Å². The third-order valence-corrected chi connectivity index (χ3v) is 5.74. The van der Waals surface area contributed by atoms with E-state index in [1.54, 1.807) is 41.5 Å². The van der Waals surface area contributed by atoms with Crippen LogP contribution >= 0.6 is 22.9 Å². The van der Waals surface area contributed by atoms with E-state index >= 15 is 0 Å². The number of likely N-dealkylation sites (tertiary alicyclic amines) is 1. The average molecular weight is 408 g/mol. The molecule has 0 saturated carbocycles. The molecule has 0 aliphatic carbocycles. The summed E-state index contributed by atoms with van der Waals surface area (Å²) in [6.07, 6.45) is 1.28. The maximum Gasteiger partial charge on any atom is 0.317 e. The smallest absolute Gasteiger partial charge is 0.317 e. The third kappa shape index (κ3) is 5.14. The van der Waals surface area contributed by atoms with E-state index in [0.29, 0.717) is 48.9 Å². The second kappa shape index (κ2) is 9.10. The Morgan fingerprint density at radius 1 is 1.30 bits per heavy atom. The highest BCUT2D eigenvalue weighted by Gasteiger charge is 2.27. The van der Waals surface area contributed by atoms with Gasteiger partial charge < -0.3 is 20.3 Å².